The van der Waals surface area contributed by atoms with E-state index in [1.54, 1.807) is 11.1 Å². The van der Waals surface area contributed by atoms with Crippen LogP contribution in [0.15, 0.2) is 48.7 Å². The molecule has 0 aliphatic carbocycles. The number of carbonyl (C=O) groups excluding carboxylic acids is 1. The molecule has 7 heteroatoms. The maximum Gasteiger partial charge on any atom is 0.240 e. The fraction of sp³-hybridized carbons (Fsp3) is 0.381. The van der Waals surface area contributed by atoms with Gasteiger partial charge in [0.05, 0.1) is 30.8 Å². The summed E-state index contributed by atoms with van der Waals surface area (Å²) in [5.74, 6) is 0.715. The Morgan fingerprint density at radius 3 is 2.79 bits per heavy atom. The molecule has 0 atom stereocenters. The smallest absolute Gasteiger partial charge is 0.240 e. The van der Waals surface area contributed by atoms with Crippen LogP contribution in [0.25, 0.3) is 22.6 Å². The van der Waals surface area contributed by atoms with E-state index in [1.165, 1.54) is 0 Å². The largest absolute Gasteiger partial charge is 0.370 e. The van der Waals surface area contributed by atoms with Crippen molar-refractivity contribution >= 4 is 16.9 Å². The number of amides is 1. The molecule has 1 aliphatic rings. The molecule has 146 valence electrons. The highest BCUT2D eigenvalue weighted by Gasteiger charge is 2.16. The zero-order valence-corrected chi connectivity index (χ0v) is 15.9. The lowest BCUT2D eigenvalue weighted by atomic mass is 10.3. The van der Waals surface area contributed by atoms with Crippen LogP contribution >= 0.6 is 0 Å². The molecule has 4 rings (SSSR count). The topological polar surface area (TPSA) is 73.5 Å². The van der Waals surface area contributed by atoms with Gasteiger partial charge in [-0.2, -0.15) is 0 Å². The van der Waals surface area contributed by atoms with Crippen molar-refractivity contribution in [2.45, 2.75) is 13.0 Å². The van der Waals surface area contributed by atoms with E-state index in [1.807, 2.05) is 47.0 Å². The SMILES string of the molecule is O=C(Cn1c(-c2ccccn2)nc2ccccc21)NCCC[NH+]1CCOCC1. The Hall–Kier alpha value is -2.77. The van der Waals surface area contributed by atoms with Crippen LogP contribution < -0.4 is 10.2 Å². The van der Waals surface area contributed by atoms with Crippen molar-refractivity contribution in [2.24, 2.45) is 0 Å². The van der Waals surface area contributed by atoms with E-state index in [0.29, 0.717) is 6.54 Å². The van der Waals surface area contributed by atoms with E-state index >= 15 is 0 Å². The molecule has 0 bridgehead atoms. The van der Waals surface area contributed by atoms with Crippen LogP contribution in [0.4, 0.5) is 0 Å². The molecule has 0 saturated carbocycles. The van der Waals surface area contributed by atoms with E-state index in [2.05, 4.69) is 10.3 Å². The van der Waals surface area contributed by atoms with Gasteiger partial charge in [-0.05, 0) is 24.3 Å². The molecule has 3 aromatic rings. The monoisotopic (exact) mass is 380 g/mol. The van der Waals surface area contributed by atoms with E-state index in [0.717, 1.165) is 61.8 Å². The van der Waals surface area contributed by atoms with Gasteiger partial charge in [-0.25, -0.2) is 4.98 Å². The first kappa shape index (κ1) is 18.6. The maximum atomic E-state index is 12.6. The number of ether oxygens (including phenoxy) is 1. The van der Waals surface area contributed by atoms with Gasteiger partial charge in [-0.15, -0.1) is 0 Å². The normalized spacial score (nSPS) is 15.0. The molecule has 1 fully saturated rings. The van der Waals surface area contributed by atoms with Crippen LogP contribution in [0.2, 0.25) is 0 Å². The molecule has 1 amide bonds. The van der Waals surface area contributed by atoms with Crippen LogP contribution in [0.5, 0.6) is 0 Å². The van der Waals surface area contributed by atoms with Gasteiger partial charge in [0, 0.05) is 19.2 Å². The van der Waals surface area contributed by atoms with Crippen molar-refractivity contribution in [3.05, 3.63) is 48.7 Å². The number of rotatable bonds is 7. The van der Waals surface area contributed by atoms with Crippen LogP contribution in [-0.2, 0) is 16.1 Å². The number of benzene rings is 1. The van der Waals surface area contributed by atoms with Crippen LogP contribution in [0.3, 0.4) is 0 Å². The van der Waals surface area contributed by atoms with Crippen LogP contribution in [-0.4, -0.2) is 59.8 Å². The number of nitrogens with one attached hydrogen (secondary N) is 2. The van der Waals surface area contributed by atoms with E-state index < -0.39 is 0 Å². The van der Waals surface area contributed by atoms with Gasteiger partial charge < -0.3 is 19.5 Å². The molecular formula is C21H26N5O2+. The summed E-state index contributed by atoms with van der Waals surface area (Å²) in [5, 5.41) is 3.05. The third-order valence-electron chi connectivity index (χ3n) is 5.08. The molecule has 28 heavy (non-hydrogen) atoms. The fourth-order valence-corrected chi connectivity index (χ4v) is 3.60. The molecule has 0 spiro atoms. The maximum absolute atomic E-state index is 12.6. The highest BCUT2D eigenvalue weighted by atomic mass is 16.5. The Bertz CT molecular complexity index is 919. The number of morpholine rings is 1. The van der Waals surface area contributed by atoms with Crippen molar-refractivity contribution in [3.8, 4) is 11.5 Å². The number of imidazole rings is 1. The number of fused-ring (bicyclic) bond motifs is 1. The molecule has 0 radical (unpaired) electrons. The van der Waals surface area contributed by atoms with Crippen molar-refractivity contribution in [3.63, 3.8) is 0 Å². The average molecular weight is 380 g/mol. The number of hydrogen-bond donors (Lipinski definition) is 2. The molecular weight excluding hydrogens is 354 g/mol. The van der Waals surface area contributed by atoms with Crippen molar-refractivity contribution in [1.29, 1.82) is 0 Å². The molecule has 1 aromatic carbocycles. The van der Waals surface area contributed by atoms with Gasteiger partial charge in [0.15, 0.2) is 5.82 Å². The number of hydrogen-bond acceptors (Lipinski definition) is 4. The Morgan fingerprint density at radius 1 is 1.14 bits per heavy atom. The summed E-state index contributed by atoms with van der Waals surface area (Å²) in [5.41, 5.74) is 2.57. The third kappa shape index (κ3) is 4.37. The number of aromatic nitrogens is 3. The first-order valence-electron chi connectivity index (χ1n) is 9.86. The average Bonchev–Trinajstić information content (AvgIpc) is 3.11. The zero-order chi connectivity index (χ0) is 19.2. The number of nitrogens with zero attached hydrogens (tertiary/aromatic N) is 3. The quantitative estimate of drug-likeness (QED) is 0.586. The minimum atomic E-state index is -0.00249. The Kier molecular flexibility index (Phi) is 5.94. The van der Waals surface area contributed by atoms with E-state index in [4.69, 9.17) is 9.72 Å². The molecule has 3 heterocycles. The van der Waals surface area contributed by atoms with Crippen molar-refractivity contribution in [1.82, 2.24) is 19.9 Å². The lowest BCUT2D eigenvalue weighted by molar-refractivity contribution is -0.908. The summed E-state index contributed by atoms with van der Waals surface area (Å²) < 4.78 is 7.33. The first-order valence-corrected chi connectivity index (χ1v) is 9.86. The van der Waals surface area contributed by atoms with E-state index in [9.17, 15) is 4.79 Å². The number of pyridine rings is 1. The highest BCUT2D eigenvalue weighted by molar-refractivity contribution is 5.84. The summed E-state index contributed by atoms with van der Waals surface area (Å²) in [6.45, 7) is 5.78. The van der Waals surface area contributed by atoms with Gasteiger partial charge in [-0.1, -0.05) is 18.2 Å². The van der Waals surface area contributed by atoms with Gasteiger partial charge in [-0.3, -0.25) is 9.78 Å². The number of quaternary nitrogens is 1. The molecule has 2 aromatic heterocycles. The Morgan fingerprint density at radius 2 is 1.96 bits per heavy atom. The van der Waals surface area contributed by atoms with Gasteiger partial charge in [0.2, 0.25) is 5.91 Å². The summed E-state index contributed by atoms with van der Waals surface area (Å²) in [6.07, 6.45) is 2.71. The molecule has 7 nitrogen and oxygen atoms in total. The zero-order valence-electron chi connectivity index (χ0n) is 15.9. The van der Waals surface area contributed by atoms with Crippen LogP contribution in [0.1, 0.15) is 6.42 Å². The van der Waals surface area contributed by atoms with Gasteiger partial charge in [0.1, 0.15) is 25.3 Å². The van der Waals surface area contributed by atoms with Crippen LogP contribution in [0, 0.1) is 0 Å². The third-order valence-corrected chi connectivity index (χ3v) is 5.08. The van der Waals surface area contributed by atoms with Gasteiger partial charge >= 0.3 is 0 Å². The second-order valence-corrected chi connectivity index (χ2v) is 7.04. The summed E-state index contributed by atoms with van der Waals surface area (Å²) in [4.78, 5) is 23.2. The van der Waals surface area contributed by atoms with Crippen molar-refractivity contribution in [2.75, 3.05) is 39.4 Å². The lowest BCUT2D eigenvalue weighted by Gasteiger charge is -2.23. The second-order valence-electron chi connectivity index (χ2n) is 7.04. The van der Waals surface area contributed by atoms with E-state index in [-0.39, 0.29) is 12.5 Å². The molecule has 0 unspecified atom stereocenters. The van der Waals surface area contributed by atoms with Crippen molar-refractivity contribution < 1.29 is 14.4 Å². The predicted octanol–water partition coefficient (Wildman–Crippen LogP) is 0.520. The summed E-state index contributed by atoms with van der Waals surface area (Å²) in [7, 11) is 0. The van der Waals surface area contributed by atoms with Gasteiger partial charge in [0.25, 0.3) is 0 Å². The standard InChI is InChI=1S/C21H25N5O2/c27-20(23-10-5-11-25-12-14-28-15-13-25)16-26-19-8-2-1-6-17(19)24-21(26)18-7-3-4-9-22-18/h1-4,6-9H,5,10-16H2,(H,23,27)/p+1. The second kappa shape index (κ2) is 8.95. The number of para-hydroxylation sites is 2. The fourth-order valence-electron chi connectivity index (χ4n) is 3.60. The minimum Gasteiger partial charge on any atom is -0.370 e. The summed E-state index contributed by atoms with van der Waals surface area (Å²) in [6, 6.07) is 13.6. The first-order chi connectivity index (χ1) is 13.8. The predicted molar refractivity (Wildman–Crippen MR) is 107 cm³/mol. The minimum absolute atomic E-state index is 0.00249. The molecule has 1 aliphatic heterocycles. The Labute approximate surface area is 164 Å². The summed E-state index contributed by atoms with van der Waals surface area (Å²) >= 11 is 0. The Balaban J connectivity index is 1.41. The molecule has 1 saturated heterocycles. The molecule has 2 N–H and O–H groups in total. The number of carbonyl (C=O) groups is 1. The lowest BCUT2D eigenvalue weighted by Crippen LogP contribution is -3.14. The highest BCUT2D eigenvalue weighted by Crippen LogP contribution is 2.23.